The van der Waals surface area contributed by atoms with Gasteiger partial charge in [0.1, 0.15) is 10.0 Å². The predicted molar refractivity (Wildman–Crippen MR) is 79.1 cm³/mol. The first kappa shape index (κ1) is 13.6. The minimum atomic E-state index is 0.872. The van der Waals surface area contributed by atoms with E-state index in [1.807, 2.05) is 7.05 Å². The molecule has 2 aromatic rings. The summed E-state index contributed by atoms with van der Waals surface area (Å²) in [4.78, 5) is 0. The molecule has 0 spiro atoms. The van der Waals surface area contributed by atoms with Crippen molar-refractivity contribution in [2.75, 3.05) is 13.6 Å². The topological polar surface area (TPSA) is 37.8 Å². The molecule has 3 nitrogen and oxygen atoms in total. The highest BCUT2D eigenvalue weighted by Crippen LogP contribution is 2.17. The number of halogens is 1. The molecule has 0 amide bonds. The first-order valence-corrected chi connectivity index (χ1v) is 7.59. The Bertz CT molecular complexity index is 481. The quantitative estimate of drug-likeness (QED) is 0.829. The van der Waals surface area contributed by atoms with Crippen LogP contribution in [-0.2, 0) is 12.8 Å². The average Bonchev–Trinajstić information content (AvgIpc) is 2.80. The predicted octanol–water partition coefficient (Wildman–Crippen LogP) is 3.04. The SMILES string of the molecule is CNCCCc1nnc(Cc2ccc(Br)cc2)s1. The molecule has 0 atom stereocenters. The van der Waals surface area contributed by atoms with E-state index in [1.165, 1.54) is 5.56 Å². The van der Waals surface area contributed by atoms with Crippen LogP contribution in [0.4, 0.5) is 0 Å². The van der Waals surface area contributed by atoms with E-state index in [1.54, 1.807) is 11.3 Å². The van der Waals surface area contributed by atoms with E-state index >= 15 is 0 Å². The van der Waals surface area contributed by atoms with E-state index in [-0.39, 0.29) is 0 Å². The number of hydrogen-bond acceptors (Lipinski definition) is 4. The normalized spacial score (nSPS) is 10.8. The molecule has 0 unspecified atom stereocenters. The minimum absolute atomic E-state index is 0.872. The van der Waals surface area contributed by atoms with Gasteiger partial charge in [-0.3, -0.25) is 0 Å². The Kier molecular flexibility index (Phi) is 5.28. The lowest BCUT2D eigenvalue weighted by Gasteiger charge is -1.97. The lowest BCUT2D eigenvalue weighted by molar-refractivity contribution is 0.717. The van der Waals surface area contributed by atoms with Crippen LogP contribution >= 0.6 is 27.3 Å². The van der Waals surface area contributed by atoms with Crippen LogP contribution in [0.2, 0.25) is 0 Å². The van der Waals surface area contributed by atoms with Crippen molar-refractivity contribution in [3.63, 3.8) is 0 Å². The van der Waals surface area contributed by atoms with Gasteiger partial charge in [-0.1, -0.05) is 28.1 Å². The molecule has 0 aliphatic rings. The van der Waals surface area contributed by atoms with Gasteiger partial charge in [0.2, 0.25) is 0 Å². The second-order valence-corrected chi connectivity index (χ2v) is 6.16. The Morgan fingerprint density at radius 3 is 2.61 bits per heavy atom. The van der Waals surface area contributed by atoms with E-state index in [4.69, 9.17) is 0 Å². The molecule has 0 bridgehead atoms. The molecule has 0 radical (unpaired) electrons. The maximum Gasteiger partial charge on any atom is 0.121 e. The summed E-state index contributed by atoms with van der Waals surface area (Å²) in [7, 11) is 1.97. The molecule has 2 rings (SSSR count). The standard InChI is InChI=1S/C13H16BrN3S/c1-15-8-2-3-12-16-17-13(18-12)9-10-4-6-11(14)7-5-10/h4-7,15H,2-3,8-9H2,1H3. The van der Waals surface area contributed by atoms with Crippen LogP contribution < -0.4 is 5.32 Å². The first-order chi connectivity index (χ1) is 8.78. The smallest absolute Gasteiger partial charge is 0.121 e. The summed E-state index contributed by atoms with van der Waals surface area (Å²) in [6.07, 6.45) is 3.00. The fourth-order valence-electron chi connectivity index (χ4n) is 1.65. The van der Waals surface area contributed by atoms with Crippen molar-refractivity contribution in [3.05, 3.63) is 44.3 Å². The zero-order valence-corrected chi connectivity index (χ0v) is 12.7. The summed E-state index contributed by atoms with van der Waals surface area (Å²) < 4.78 is 1.11. The fraction of sp³-hybridized carbons (Fsp3) is 0.385. The number of rotatable bonds is 6. The lowest BCUT2D eigenvalue weighted by atomic mass is 10.2. The van der Waals surface area contributed by atoms with Crippen molar-refractivity contribution in [1.29, 1.82) is 0 Å². The third kappa shape index (κ3) is 4.15. The van der Waals surface area contributed by atoms with Crippen molar-refractivity contribution in [2.45, 2.75) is 19.3 Å². The Balaban J connectivity index is 1.91. The van der Waals surface area contributed by atoms with Crippen LogP contribution in [0.25, 0.3) is 0 Å². The molecule has 1 aromatic heterocycles. The lowest BCUT2D eigenvalue weighted by Crippen LogP contribution is -2.08. The van der Waals surface area contributed by atoms with Crippen LogP contribution in [0.1, 0.15) is 22.0 Å². The molecule has 18 heavy (non-hydrogen) atoms. The van der Waals surface area contributed by atoms with Gasteiger partial charge in [0.05, 0.1) is 0 Å². The van der Waals surface area contributed by atoms with Gasteiger partial charge in [-0.25, -0.2) is 0 Å². The van der Waals surface area contributed by atoms with Crippen molar-refractivity contribution in [3.8, 4) is 0 Å². The zero-order chi connectivity index (χ0) is 12.8. The summed E-state index contributed by atoms with van der Waals surface area (Å²) in [5.41, 5.74) is 1.27. The maximum absolute atomic E-state index is 4.25. The van der Waals surface area contributed by atoms with Crippen molar-refractivity contribution >= 4 is 27.3 Å². The van der Waals surface area contributed by atoms with Gasteiger partial charge >= 0.3 is 0 Å². The average molecular weight is 326 g/mol. The number of hydrogen-bond donors (Lipinski definition) is 1. The number of benzene rings is 1. The molecule has 96 valence electrons. The van der Waals surface area contributed by atoms with Crippen LogP contribution in [-0.4, -0.2) is 23.8 Å². The Morgan fingerprint density at radius 1 is 1.17 bits per heavy atom. The van der Waals surface area contributed by atoms with Gasteiger partial charge < -0.3 is 5.32 Å². The molecule has 0 aliphatic carbocycles. The van der Waals surface area contributed by atoms with Crippen LogP contribution in [0.15, 0.2) is 28.7 Å². The summed E-state index contributed by atoms with van der Waals surface area (Å²) >= 11 is 5.16. The third-order valence-electron chi connectivity index (χ3n) is 2.59. The van der Waals surface area contributed by atoms with E-state index < -0.39 is 0 Å². The number of nitrogens with one attached hydrogen (secondary N) is 1. The Morgan fingerprint density at radius 2 is 1.89 bits per heavy atom. The molecule has 0 aliphatic heterocycles. The largest absolute Gasteiger partial charge is 0.320 e. The van der Waals surface area contributed by atoms with Gasteiger partial charge in [0.15, 0.2) is 0 Å². The molecule has 0 fully saturated rings. The van der Waals surface area contributed by atoms with E-state index in [2.05, 4.69) is 55.7 Å². The second kappa shape index (κ2) is 6.97. The van der Waals surface area contributed by atoms with Gasteiger partial charge in [0, 0.05) is 17.3 Å². The van der Waals surface area contributed by atoms with E-state index in [0.29, 0.717) is 0 Å². The van der Waals surface area contributed by atoms with Gasteiger partial charge in [-0.2, -0.15) is 0 Å². The van der Waals surface area contributed by atoms with Gasteiger partial charge in [-0.15, -0.1) is 21.5 Å². The molecule has 0 saturated carbocycles. The molecule has 0 saturated heterocycles. The van der Waals surface area contributed by atoms with E-state index in [9.17, 15) is 0 Å². The highest BCUT2D eigenvalue weighted by Gasteiger charge is 2.05. The zero-order valence-electron chi connectivity index (χ0n) is 10.3. The molecule has 1 N–H and O–H groups in total. The highest BCUT2D eigenvalue weighted by atomic mass is 79.9. The third-order valence-corrected chi connectivity index (χ3v) is 4.11. The highest BCUT2D eigenvalue weighted by molar-refractivity contribution is 9.10. The molecular formula is C13H16BrN3S. The van der Waals surface area contributed by atoms with Gasteiger partial charge in [0.25, 0.3) is 0 Å². The van der Waals surface area contributed by atoms with Crippen molar-refractivity contribution < 1.29 is 0 Å². The molecule has 1 heterocycles. The summed E-state index contributed by atoms with van der Waals surface area (Å²) in [5.74, 6) is 0. The number of aryl methyl sites for hydroxylation is 1. The monoisotopic (exact) mass is 325 g/mol. The molecular weight excluding hydrogens is 310 g/mol. The summed E-state index contributed by atoms with van der Waals surface area (Å²) in [6.45, 7) is 1.03. The Labute approximate surface area is 120 Å². The van der Waals surface area contributed by atoms with Crippen LogP contribution in [0.3, 0.4) is 0 Å². The summed E-state index contributed by atoms with van der Waals surface area (Å²) in [5, 5.41) is 13.9. The first-order valence-electron chi connectivity index (χ1n) is 5.98. The second-order valence-electron chi connectivity index (χ2n) is 4.10. The maximum atomic E-state index is 4.25. The van der Waals surface area contributed by atoms with Crippen molar-refractivity contribution in [2.24, 2.45) is 0 Å². The Hall–Kier alpha value is -0.780. The van der Waals surface area contributed by atoms with Crippen molar-refractivity contribution in [1.82, 2.24) is 15.5 Å². The number of nitrogens with zero attached hydrogens (tertiary/aromatic N) is 2. The van der Waals surface area contributed by atoms with Gasteiger partial charge in [-0.05, 0) is 37.7 Å². The van der Waals surface area contributed by atoms with E-state index in [0.717, 1.165) is 40.3 Å². The van der Waals surface area contributed by atoms with Crippen LogP contribution in [0, 0.1) is 0 Å². The van der Waals surface area contributed by atoms with Crippen LogP contribution in [0.5, 0.6) is 0 Å². The fourth-order valence-corrected chi connectivity index (χ4v) is 2.84. The molecule has 1 aromatic carbocycles. The number of aromatic nitrogens is 2. The minimum Gasteiger partial charge on any atom is -0.320 e. The summed E-state index contributed by atoms with van der Waals surface area (Å²) in [6, 6.07) is 8.35. The molecule has 5 heteroatoms.